The first-order valence-corrected chi connectivity index (χ1v) is 12.0. The van der Waals surface area contributed by atoms with Gasteiger partial charge in [0, 0.05) is 43.2 Å². The van der Waals surface area contributed by atoms with Crippen LogP contribution in [0, 0.1) is 6.92 Å². The lowest BCUT2D eigenvalue weighted by Crippen LogP contribution is -2.41. The number of likely N-dealkylation sites (N-methyl/N-ethyl adjacent to an activating group) is 1. The fourth-order valence-electron chi connectivity index (χ4n) is 5.01. The number of benzene rings is 3. The van der Waals surface area contributed by atoms with E-state index in [-0.39, 0.29) is 23.3 Å². The second kappa shape index (κ2) is 10.5. The topological polar surface area (TPSA) is 32.8 Å². The summed E-state index contributed by atoms with van der Waals surface area (Å²) in [4.78, 5) is 17.3. The first kappa shape index (κ1) is 26.0. The molecule has 0 N–H and O–H groups in total. The Hall–Kier alpha value is -3.03. The number of halogens is 4. The van der Waals surface area contributed by atoms with E-state index in [1.807, 2.05) is 43.3 Å². The molecule has 0 radical (unpaired) electrons. The quantitative estimate of drug-likeness (QED) is 0.379. The maximum absolute atomic E-state index is 13.6. The van der Waals surface area contributed by atoms with Gasteiger partial charge >= 0.3 is 6.18 Å². The maximum Gasteiger partial charge on any atom is 0.419 e. The fourth-order valence-corrected chi connectivity index (χ4v) is 5.23. The van der Waals surface area contributed by atoms with Crippen molar-refractivity contribution in [2.75, 3.05) is 27.2 Å². The summed E-state index contributed by atoms with van der Waals surface area (Å²) in [5, 5.41) is 0.634. The summed E-state index contributed by atoms with van der Waals surface area (Å²) in [6.07, 6.45) is -4.64. The van der Waals surface area contributed by atoms with Gasteiger partial charge in [-0.15, -0.1) is 0 Å². The predicted octanol–water partition coefficient (Wildman–Crippen LogP) is 6.42. The minimum atomic E-state index is -4.64. The highest BCUT2D eigenvalue weighted by Gasteiger charge is 2.40. The maximum atomic E-state index is 13.6. The van der Waals surface area contributed by atoms with Crippen LogP contribution in [0.1, 0.15) is 38.5 Å². The molecule has 1 aliphatic rings. The first-order chi connectivity index (χ1) is 17.1. The smallest absolute Gasteiger partial charge is 0.419 e. The van der Waals surface area contributed by atoms with Crippen molar-refractivity contribution in [1.82, 2.24) is 9.80 Å². The summed E-state index contributed by atoms with van der Waals surface area (Å²) in [5.41, 5.74) is 2.25. The van der Waals surface area contributed by atoms with Crippen molar-refractivity contribution in [2.45, 2.75) is 31.6 Å². The van der Waals surface area contributed by atoms with Crippen molar-refractivity contribution in [3.05, 3.63) is 99.6 Å². The standard InChI is InChI=1S/C28H28ClF3N2O2/c1-18-13-21(29)10-11-22(18)23-16-34(15-19-7-5-4-6-8-19)17-25(23)33(2)27(35)20-9-12-26(36-3)24(14-20)28(30,31)32/h4-14,23,25H,15-17H2,1-3H3. The van der Waals surface area contributed by atoms with Gasteiger partial charge in [0.05, 0.1) is 18.7 Å². The van der Waals surface area contributed by atoms with E-state index in [0.717, 1.165) is 22.8 Å². The van der Waals surface area contributed by atoms with Gasteiger partial charge in [-0.05, 0) is 53.9 Å². The predicted molar refractivity (Wildman–Crippen MR) is 135 cm³/mol. The van der Waals surface area contributed by atoms with E-state index >= 15 is 0 Å². The zero-order chi connectivity index (χ0) is 26.0. The molecule has 1 saturated heterocycles. The van der Waals surface area contributed by atoms with E-state index in [1.165, 1.54) is 19.2 Å². The van der Waals surface area contributed by atoms with Crippen LogP contribution in [0.5, 0.6) is 5.75 Å². The van der Waals surface area contributed by atoms with Crippen LogP contribution in [0.2, 0.25) is 5.02 Å². The summed E-state index contributed by atoms with van der Waals surface area (Å²) in [5.74, 6) is -0.808. The van der Waals surface area contributed by atoms with Crippen molar-refractivity contribution >= 4 is 17.5 Å². The van der Waals surface area contributed by atoms with Crippen LogP contribution in [-0.4, -0.2) is 49.0 Å². The number of hydrogen-bond acceptors (Lipinski definition) is 3. The molecule has 0 saturated carbocycles. The van der Waals surface area contributed by atoms with E-state index in [1.54, 1.807) is 11.9 Å². The molecular weight excluding hydrogens is 489 g/mol. The minimum absolute atomic E-state index is 0.0275. The zero-order valence-corrected chi connectivity index (χ0v) is 21.1. The van der Waals surface area contributed by atoms with Gasteiger partial charge in [-0.25, -0.2) is 0 Å². The number of aryl methyl sites for hydroxylation is 1. The van der Waals surface area contributed by atoms with Crippen molar-refractivity contribution in [1.29, 1.82) is 0 Å². The first-order valence-electron chi connectivity index (χ1n) is 11.6. The lowest BCUT2D eigenvalue weighted by molar-refractivity contribution is -0.138. The van der Waals surface area contributed by atoms with Crippen molar-refractivity contribution < 1.29 is 22.7 Å². The molecule has 3 aromatic rings. The van der Waals surface area contributed by atoms with E-state index in [2.05, 4.69) is 17.0 Å². The van der Waals surface area contributed by atoms with Gasteiger partial charge < -0.3 is 9.64 Å². The van der Waals surface area contributed by atoms with Gasteiger partial charge in [0.1, 0.15) is 5.75 Å². The molecule has 0 bridgehead atoms. The van der Waals surface area contributed by atoms with Crippen LogP contribution < -0.4 is 4.74 Å². The Kier molecular flexibility index (Phi) is 7.62. The molecule has 3 aromatic carbocycles. The van der Waals surface area contributed by atoms with Crippen molar-refractivity contribution in [3.8, 4) is 5.75 Å². The van der Waals surface area contributed by atoms with Crippen LogP contribution in [0.3, 0.4) is 0 Å². The molecule has 190 valence electrons. The number of alkyl halides is 3. The second-order valence-electron chi connectivity index (χ2n) is 9.18. The number of rotatable bonds is 6. The SMILES string of the molecule is COc1ccc(C(=O)N(C)C2CN(Cc3ccccc3)CC2c2ccc(Cl)cc2C)cc1C(F)(F)F. The molecule has 36 heavy (non-hydrogen) atoms. The van der Waals surface area contributed by atoms with Gasteiger partial charge in [0.2, 0.25) is 0 Å². The highest BCUT2D eigenvalue weighted by atomic mass is 35.5. The highest BCUT2D eigenvalue weighted by Crippen LogP contribution is 2.38. The average Bonchev–Trinajstić information content (AvgIpc) is 3.26. The van der Waals surface area contributed by atoms with Gasteiger partial charge in [-0.2, -0.15) is 13.2 Å². The van der Waals surface area contributed by atoms with Gasteiger partial charge in [0.25, 0.3) is 5.91 Å². The van der Waals surface area contributed by atoms with Crippen LogP contribution in [0.25, 0.3) is 0 Å². The fraction of sp³-hybridized carbons (Fsp3) is 0.321. The largest absolute Gasteiger partial charge is 0.496 e. The Balaban J connectivity index is 1.66. The summed E-state index contributed by atoms with van der Waals surface area (Å²) in [6, 6.07) is 19.0. The molecule has 2 atom stereocenters. The number of ether oxygens (including phenoxy) is 1. The Morgan fingerprint density at radius 1 is 1.08 bits per heavy atom. The number of carbonyl (C=O) groups excluding carboxylic acids is 1. The number of likely N-dealkylation sites (tertiary alicyclic amines) is 1. The normalized spacial score (nSPS) is 18.3. The molecule has 1 aliphatic heterocycles. The van der Waals surface area contributed by atoms with Crippen LogP contribution in [0.15, 0.2) is 66.7 Å². The third-order valence-electron chi connectivity index (χ3n) is 6.81. The third-order valence-corrected chi connectivity index (χ3v) is 7.05. The summed E-state index contributed by atoms with van der Waals surface area (Å²) < 4.78 is 45.6. The average molecular weight is 517 g/mol. The molecule has 8 heteroatoms. The van der Waals surface area contributed by atoms with E-state index in [9.17, 15) is 18.0 Å². The molecule has 4 rings (SSSR count). The monoisotopic (exact) mass is 516 g/mol. The summed E-state index contributed by atoms with van der Waals surface area (Å²) >= 11 is 6.19. The van der Waals surface area contributed by atoms with Crippen molar-refractivity contribution in [3.63, 3.8) is 0 Å². The van der Waals surface area contributed by atoms with Crippen molar-refractivity contribution in [2.24, 2.45) is 0 Å². The number of methoxy groups -OCH3 is 1. The lowest BCUT2D eigenvalue weighted by atomic mass is 9.90. The van der Waals surface area contributed by atoms with E-state index in [0.29, 0.717) is 24.7 Å². The van der Waals surface area contributed by atoms with Crippen LogP contribution in [-0.2, 0) is 12.7 Å². The highest BCUT2D eigenvalue weighted by molar-refractivity contribution is 6.30. The molecule has 1 heterocycles. The number of carbonyl (C=O) groups is 1. The number of nitrogens with zero attached hydrogens (tertiary/aromatic N) is 2. The van der Waals surface area contributed by atoms with E-state index in [4.69, 9.17) is 16.3 Å². The third kappa shape index (κ3) is 5.52. The summed E-state index contributed by atoms with van der Waals surface area (Å²) in [7, 11) is 2.84. The zero-order valence-electron chi connectivity index (χ0n) is 20.3. The molecule has 0 aromatic heterocycles. The molecular formula is C28H28ClF3N2O2. The second-order valence-corrected chi connectivity index (χ2v) is 9.62. The molecule has 2 unspecified atom stereocenters. The molecule has 1 fully saturated rings. The number of hydrogen-bond donors (Lipinski definition) is 0. The molecule has 0 spiro atoms. The molecule has 4 nitrogen and oxygen atoms in total. The van der Waals surface area contributed by atoms with Crippen LogP contribution in [0.4, 0.5) is 13.2 Å². The lowest BCUT2D eigenvalue weighted by Gasteiger charge is -2.30. The Morgan fingerprint density at radius 2 is 1.81 bits per heavy atom. The molecule has 1 amide bonds. The minimum Gasteiger partial charge on any atom is -0.496 e. The Bertz CT molecular complexity index is 1230. The Labute approximate surface area is 214 Å². The van der Waals surface area contributed by atoms with E-state index < -0.39 is 17.6 Å². The van der Waals surface area contributed by atoms with Gasteiger partial charge in [-0.1, -0.05) is 48.0 Å². The Morgan fingerprint density at radius 3 is 2.44 bits per heavy atom. The number of amides is 1. The summed E-state index contributed by atoms with van der Waals surface area (Å²) in [6.45, 7) is 3.99. The van der Waals surface area contributed by atoms with Crippen LogP contribution >= 0.6 is 11.6 Å². The van der Waals surface area contributed by atoms with Gasteiger partial charge in [0.15, 0.2) is 0 Å². The van der Waals surface area contributed by atoms with Gasteiger partial charge in [-0.3, -0.25) is 9.69 Å². The molecule has 0 aliphatic carbocycles.